The second-order valence-corrected chi connectivity index (χ2v) is 4.20. The average Bonchev–Trinajstić information content (AvgIpc) is 2.54. The van der Waals surface area contributed by atoms with E-state index in [4.69, 9.17) is 0 Å². The van der Waals surface area contributed by atoms with Crippen molar-refractivity contribution in [1.82, 2.24) is 16.0 Å². The maximum atomic E-state index is 11.6. The van der Waals surface area contributed by atoms with E-state index in [-0.39, 0.29) is 11.9 Å². The molecule has 1 fully saturated rings. The highest BCUT2D eigenvalue weighted by Crippen LogP contribution is 1.94. The lowest BCUT2D eigenvalue weighted by molar-refractivity contribution is -0.135. The van der Waals surface area contributed by atoms with Crippen LogP contribution in [0.5, 0.6) is 0 Å². The van der Waals surface area contributed by atoms with Crippen molar-refractivity contribution in [3.05, 3.63) is 0 Å². The highest BCUT2D eigenvalue weighted by atomic mass is 16.2. The van der Waals surface area contributed by atoms with E-state index < -0.39 is 17.9 Å². The molecule has 0 aromatic rings. The second kappa shape index (κ2) is 5.42. The number of rotatable bonds is 4. The Hall–Kier alpha value is -1.92. The van der Waals surface area contributed by atoms with Crippen molar-refractivity contribution in [3.63, 3.8) is 0 Å². The van der Waals surface area contributed by atoms with Gasteiger partial charge in [-0.15, -0.1) is 0 Å². The van der Waals surface area contributed by atoms with Crippen LogP contribution >= 0.6 is 0 Å². The molecule has 7 nitrogen and oxygen atoms in total. The molecule has 17 heavy (non-hydrogen) atoms. The number of aliphatic imine (C=N–C) groups is 1. The monoisotopic (exact) mass is 240 g/mol. The van der Waals surface area contributed by atoms with Crippen molar-refractivity contribution in [2.24, 2.45) is 10.9 Å². The molecule has 3 N–H and O–H groups in total. The minimum atomic E-state index is -0.765. The van der Waals surface area contributed by atoms with Crippen LogP contribution in [-0.4, -0.2) is 36.3 Å². The zero-order valence-corrected chi connectivity index (χ0v) is 10.0. The lowest BCUT2D eigenvalue weighted by Crippen LogP contribution is -2.37. The van der Waals surface area contributed by atoms with E-state index in [1.165, 1.54) is 0 Å². The molecule has 1 heterocycles. The molecule has 94 valence electrons. The molecule has 0 saturated carbocycles. The molecule has 0 bridgehead atoms. The molecule has 0 aromatic carbocycles. The number of nitrogens with zero attached hydrogens (tertiary/aromatic N) is 1. The molecule has 0 spiro atoms. The van der Waals surface area contributed by atoms with Crippen LogP contribution in [0, 0.1) is 5.92 Å². The Bertz CT molecular complexity index is 358. The predicted octanol–water partition coefficient (Wildman–Crippen LogP) is -1.25. The van der Waals surface area contributed by atoms with Gasteiger partial charge < -0.3 is 5.32 Å². The molecule has 1 atom stereocenters. The van der Waals surface area contributed by atoms with E-state index in [9.17, 15) is 14.4 Å². The zero-order chi connectivity index (χ0) is 13.0. The molecule has 1 rings (SSSR count). The Morgan fingerprint density at radius 1 is 1.24 bits per heavy atom. The van der Waals surface area contributed by atoms with Gasteiger partial charge in [0.05, 0.1) is 0 Å². The molecule has 3 amide bonds. The van der Waals surface area contributed by atoms with E-state index in [1.54, 1.807) is 6.92 Å². The van der Waals surface area contributed by atoms with Gasteiger partial charge in [-0.25, -0.2) is 4.99 Å². The third kappa shape index (κ3) is 3.86. The normalized spacial score (nSPS) is 16.6. The lowest BCUT2D eigenvalue weighted by atomic mass is 10.2. The van der Waals surface area contributed by atoms with Crippen LogP contribution in [0.15, 0.2) is 4.99 Å². The zero-order valence-electron chi connectivity index (χ0n) is 10.0. The molecule has 1 saturated heterocycles. The van der Waals surface area contributed by atoms with Crippen molar-refractivity contribution >= 4 is 23.7 Å². The van der Waals surface area contributed by atoms with E-state index in [2.05, 4.69) is 20.9 Å². The Morgan fingerprint density at radius 3 is 2.24 bits per heavy atom. The van der Waals surface area contributed by atoms with Gasteiger partial charge in [0.2, 0.25) is 11.9 Å². The number of amides is 3. The molecule has 0 aliphatic carbocycles. The number of nitrogens with one attached hydrogen (secondary N) is 3. The van der Waals surface area contributed by atoms with Gasteiger partial charge in [0.15, 0.2) is 0 Å². The fraction of sp³-hybridized carbons (Fsp3) is 0.600. The summed E-state index contributed by atoms with van der Waals surface area (Å²) < 4.78 is 0. The summed E-state index contributed by atoms with van der Waals surface area (Å²) in [4.78, 5) is 37.1. The molecule has 0 radical (unpaired) electrons. The SMILES string of the molecule is CC(C)CNC(=O)C(C)N=C1NC(=O)C(=O)N1. The second-order valence-electron chi connectivity index (χ2n) is 4.20. The topological polar surface area (TPSA) is 99.7 Å². The van der Waals surface area contributed by atoms with Gasteiger partial charge in [-0.1, -0.05) is 13.8 Å². The first-order valence-electron chi connectivity index (χ1n) is 5.38. The van der Waals surface area contributed by atoms with Crippen molar-refractivity contribution in [1.29, 1.82) is 0 Å². The number of carbonyl (C=O) groups excluding carboxylic acids is 3. The number of guanidine groups is 1. The first kappa shape index (κ1) is 13.1. The highest BCUT2D eigenvalue weighted by molar-refractivity contribution is 6.45. The Labute approximate surface area is 99.0 Å². The van der Waals surface area contributed by atoms with Gasteiger partial charge in [0.25, 0.3) is 0 Å². The van der Waals surface area contributed by atoms with Crippen LogP contribution < -0.4 is 16.0 Å². The third-order valence-corrected chi connectivity index (χ3v) is 2.06. The fourth-order valence-electron chi connectivity index (χ4n) is 1.13. The summed E-state index contributed by atoms with van der Waals surface area (Å²) >= 11 is 0. The number of hydrogen-bond acceptors (Lipinski definition) is 4. The summed E-state index contributed by atoms with van der Waals surface area (Å²) in [6, 6.07) is -0.664. The van der Waals surface area contributed by atoms with Crippen LogP contribution in [0.4, 0.5) is 0 Å². The summed E-state index contributed by atoms with van der Waals surface area (Å²) in [5.41, 5.74) is 0. The smallest absolute Gasteiger partial charge is 0.316 e. The van der Waals surface area contributed by atoms with E-state index >= 15 is 0 Å². The predicted molar refractivity (Wildman–Crippen MR) is 61.0 cm³/mol. The quantitative estimate of drug-likeness (QED) is 0.535. The van der Waals surface area contributed by atoms with Crippen LogP contribution in [0.1, 0.15) is 20.8 Å². The van der Waals surface area contributed by atoms with Crippen LogP contribution in [-0.2, 0) is 14.4 Å². The molecule has 0 aromatic heterocycles. The number of hydrogen-bond donors (Lipinski definition) is 3. The minimum Gasteiger partial charge on any atom is -0.354 e. The van der Waals surface area contributed by atoms with Gasteiger partial charge >= 0.3 is 11.8 Å². The Kier molecular flexibility index (Phi) is 4.19. The molecule has 1 unspecified atom stereocenters. The van der Waals surface area contributed by atoms with Crippen molar-refractivity contribution in [2.75, 3.05) is 6.54 Å². The summed E-state index contributed by atoms with van der Waals surface area (Å²) in [5, 5.41) is 7.16. The van der Waals surface area contributed by atoms with E-state index in [0.717, 1.165) is 0 Å². The summed E-state index contributed by atoms with van der Waals surface area (Å²) in [7, 11) is 0. The summed E-state index contributed by atoms with van der Waals surface area (Å²) in [5.74, 6) is -1.41. The van der Waals surface area contributed by atoms with E-state index in [1.807, 2.05) is 13.8 Å². The van der Waals surface area contributed by atoms with Crippen LogP contribution in [0.2, 0.25) is 0 Å². The molecule has 1 aliphatic heterocycles. The van der Waals surface area contributed by atoms with Crippen LogP contribution in [0.25, 0.3) is 0 Å². The van der Waals surface area contributed by atoms with Gasteiger partial charge in [-0.3, -0.25) is 25.0 Å². The van der Waals surface area contributed by atoms with Gasteiger partial charge in [-0.05, 0) is 12.8 Å². The van der Waals surface area contributed by atoms with Crippen molar-refractivity contribution < 1.29 is 14.4 Å². The molecular formula is C10H16N4O3. The molecular weight excluding hydrogens is 224 g/mol. The van der Waals surface area contributed by atoms with Crippen molar-refractivity contribution in [2.45, 2.75) is 26.8 Å². The van der Waals surface area contributed by atoms with Gasteiger partial charge in [0.1, 0.15) is 6.04 Å². The van der Waals surface area contributed by atoms with Crippen LogP contribution in [0.3, 0.4) is 0 Å². The van der Waals surface area contributed by atoms with Gasteiger partial charge in [0, 0.05) is 6.54 Å². The average molecular weight is 240 g/mol. The van der Waals surface area contributed by atoms with Gasteiger partial charge in [-0.2, -0.15) is 0 Å². The maximum absolute atomic E-state index is 11.6. The summed E-state index contributed by atoms with van der Waals surface area (Å²) in [6.07, 6.45) is 0. The first-order valence-corrected chi connectivity index (χ1v) is 5.38. The molecule has 7 heteroatoms. The first-order chi connectivity index (χ1) is 7.90. The maximum Gasteiger partial charge on any atom is 0.316 e. The summed E-state index contributed by atoms with van der Waals surface area (Å²) in [6.45, 7) is 6.11. The molecule has 1 aliphatic rings. The van der Waals surface area contributed by atoms with Crippen molar-refractivity contribution in [3.8, 4) is 0 Å². The standard InChI is InChI=1S/C10H16N4O3/c1-5(2)4-11-7(15)6(3)12-10-13-8(16)9(17)14-10/h5-6H,4H2,1-3H3,(H,11,15)(H2,12,13,14,16,17). The fourth-order valence-corrected chi connectivity index (χ4v) is 1.13. The lowest BCUT2D eigenvalue weighted by Gasteiger charge is -2.10. The Balaban J connectivity index is 2.51. The number of carbonyl (C=O) groups is 3. The Morgan fingerprint density at radius 2 is 1.76 bits per heavy atom. The minimum absolute atomic E-state index is 0.0206. The largest absolute Gasteiger partial charge is 0.354 e. The van der Waals surface area contributed by atoms with E-state index in [0.29, 0.717) is 12.5 Å². The third-order valence-electron chi connectivity index (χ3n) is 2.06. The highest BCUT2D eigenvalue weighted by Gasteiger charge is 2.26.